The minimum atomic E-state index is -4.49. The van der Waals surface area contributed by atoms with Gasteiger partial charge in [0.05, 0.1) is 5.41 Å². The van der Waals surface area contributed by atoms with Gasteiger partial charge in [-0.25, -0.2) is 0 Å². The van der Waals surface area contributed by atoms with Crippen LogP contribution < -0.4 is 0 Å². The lowest BCUT2D eigenvalue weighted by molar-refractivity contribution is -0.188. The maximum atomic E-state index is 12.0. The normalized spacial score (nSPS) is 25.4. The maximum absolute atomic E-state index is 12.0. The van der Waals surface area contributed by atoms with Crippen molar-refractivity contribution in [1.29, 1.82) is 0 Å². The Labute approximate surface area is 108 Å². The number of amides is 1. The van der Waals surface area contributed by atoms with E-state index in [1.165, 1.54) is 18.7 Å². The molecule has 1 aliphatic heterocycles. The third kappa shape index (κ3) is 4.09. The van der Waals surface area contributed by atoms with Gasteiger partial charge in [0.2, 0.25) is 0 Å². The number of hydrogen-bond donors (Lipinski definition) is 1. The monoisotopic (exact) mass is 283 g/mol. The first-order valence-electron chi connectivity index (χ1n) is 5.76. The Balaban J connectivity index is 2.53. The molecule has 0 aromatic carbocycles. The molecule has 0 unspecified atom stereocenters. The molecule has 0 aromatic heterocycles. The Morgan fingerprint density at radius 3 is 2.47 bits per heavy atom. The van der Waals surface area contributed by atoms with Crippen molar-refractivity contribution in [3.63, 3.8) is 0 Å². The third-order valence-corrected chi connectivity index (χ3v) is 3.15. The van der Waals surface area contributed by atoms with Crippen LogP contribution >= 0.6 is 0 Å². The lowest BCUT2D eigenvalue weighted by Gasteiger charge is -2.23. The minimum Gasteiger partial charge on any atom is -0.481 e. The number of halogens is 3. The zero-order valence-corrected chi connectivity index (χ0v) is 10.7. The molecular formula is C11H16F3NO4. The predicted octanol–water partition coefficient (Wildman–Crippen LogP) is 1.28. The van der Waals surface area contributed by atoms with Gasteiger partial charge in [0.15, 0.2) is 0 Å². The molecule has 0 saturated carbocycles. The van der Waals surface area contributed by atoms with E-state index >= 15 is 0 Å². The number of likely N-dealkylation sites (tertiary alicyclic amines) is 1. The summed E-state index contributed by atoms with van der Waals surface area (Å²) in [6.45, 7) is 1.43. The molecule has 2 atom stereocenters. The second-order valence-electron chi connectivity index (χ2n) is 4.94. The Morgan fingerprint density at radius 1 is 1.47 bits per heavy atom. The number of aliphatic carboxylic acids is 1. The molecule has 0 aromatic rings. The molecular weight excluding hydrogens is 267 g/mol. The molecule has 1 fully saturated rings. The average molecular weight is 283 g/mol. The first-order valence-corrected chi connectivity index (χ1v) is 5.76. The molecule has 0 radical (unpaired) electrons. The van der Waals surface area contributed by atoms with Crippen molar-refractivity contribution in [2.75, 3.05) is 19.7 Å². The van der Waals surface area contributed by atoms with Gasteiger partial charge in [0, 0.05) is 13.1 Å². The van der Waals surface area contributed by atoms with Gasteiger partial charge in [-0.3, -0.25) is 9.59 Å². The Kier molecular flexibility index (Phi) is 4.44. The summed E-state index contributed by atoms with van der Waals surface area (Å²) in [6, 6.07) is 0. The van der Waals surface area contributed by atoms with E-state index in [1.807, 2.05) is 0 Å². The third-order valence-electron chi connectivity index (χ3n) is 3.15. The van der Waals surface area contributed by atoms with Gasteiger partial charge in [0.1, 0.15) is 12.7 Å². The highest BCUT2D eigenvalue weighted by Gasteiger charge is 2.43. The molecule has 8 heteroatoms. The number of carbonyl (C=O) groups excluding carboxylic acids is 1. The van der Waals surface area contributed by atoms with E-state index < -0.39 is 36.2 Å². The topological polar surface area (TPSA) is 66.8 Å². The van der Waals surface area contributed by atoms with Crippen LogP contribution in [0.2, 0.25) is 0 Å². The van der Waals surface area contributed by atoms with E-state index in [0.717, 1.165) is 0 Å². The van der Waals surface area contributed by atoms with Gasteiger partial charge in [0.25, 0.3) is 5.91 Å². The summed E-state index contributed by atoms with van der Waals surface area (Å²) in [5.74, 6) is -1.64. The molecule has 1 N–H and O–H groups in total. The van der Waals surface area contributed by atoms with Crippen LogP contribution in [0.1, 0.15) is 20.3 Å². The van der Waals surface area contributed by atoms with Crippen LogP contribution in [0.4, 0.5) is 13.2 Å². The number of carbonyl (C=O) groups is 2. The molecule has 1 saturated heterocycles. The number of carboxylic acids is 1. The SMILES string of the molecule is C[C@@H](OCC(F)(F)F)C(=O)N1CC[C@](C)(C(=O)O)C1. The summed E-state index contributed by atoms with van der Waals surface area (Å²) >= 11 is 0. The van der Waals surface area contributed by atoms with Crippen LogP contribution in [-0.4, -0.2) is 53.9 Å². The van der Waals surface area contributed by atoms with Gasteiger partial charge < -0.3 is 14.7 Å². The number of alkyl halides is 3. The molecule has 1 heterocycles. The highest BCUT2D eigenvalue weighted by molar-refractivity contribution is 5.83. The maximum Gasteiger partial charge on any atom is 0.411 e. The van der Waals surface area contributed by atoms with Crippen molar-refractivity contribution in [3.05, 3.63) is 0 Å². The molecule has 1 rings (SSSR count). The Morgan fingerprint density at radius 2 is 2.05 bits per heavy atom. The summed E-state index contributed by atoms with van der Waals surface area (Å²) < 4.78 is 40.3. The van der Waals surface area contributed by atoms with E-state index in [2.05, 4.69) is 4.74 Å². The Hall–Kier alpha value is -1.31. The predicted molar refractivity (Wildman–Crippen MR) is 58.4 cm³/mol. The fraction of sp³-hybridized carbons (Fsp3) is 0.818. The molecule has 0 spiro atoms. The highest BCUT2D eigenvalue weighted by atomic mass is 19.4. The summed E-state index contributed by atoms with van der Waals surface area (Å²) in [7, 11) is 0. The van der Waals surface area contributed by atoms with Crippen molar-refractivity contribution in [3.8, 4) is 0 Å². The summed E-state index contributed by atoms with van der Waals surface area (Å²) in [5.41, 5.74) is -1.04. The van der Waals surface area contributed by atoms with Crippen LogP contribution in [0.15, 0.2) is 0 Å². The largest absolute Gasteiger partial charge is 0.481 e. The summed E-state index contributed by atoms with van der Waals surface area (Å²) in [6.07, 6.45) is -5.45. The van der Waals surface area contributed by atoms with E-state index in [1.54, 1.807) is 0 Å². The fourth-order valence-electron chi connectivity index (χ4n) is 1.87. The van der Waals surface area contributed by atoms with E-state index in [4.69, 9.17) is 5.11 Å². The van der Waals surface area contributed by atoms with Crippen molar-refractivity contribution in [1.82, 2.24) is 4.90 Å². The first-order chi connectivity index (χ1) is 8.55. The van der Waals surface area contributed by atoms with Crippen LogP contribution in [-0.2, 0) is 14.3 Å². The molecule has 1 amide bonds. The Bertz CT molecular complexity index is 371. The average Bonchev–Trinajstić information content (AvgIpc) is 2.68. The van der Waals surface area contributed by atoms with Gasteiger partial charge in [-0.2, -0.15) is 13.2 Å². The van der Waals surface area contributed by atoms with Gasteiger partial charge in [-0.05, 0) is 20.3 Å². The second-order valence-corrected chi connectivity index (χ2v) is 4.94. The highest BCUT2D eigenvalue weighted by Crippen LogP contribution is 2.30. The van der Waals surface area contributed by atoms with E-state index in [-0.39, 0.29) is 19.5 Å². The summed E-state index contributed by atoms with van der Waals surface area (Å²) in [5, 5.41) is 9.00. The smallest absolute Gasteiger partial charge is 0.411 e. The lowest BCUT2D eigenvalue weighted by Crippen LogP contribution is -2.41. The molecule has 1 aliphatic rings. The first kappa shape index (κ1) is 15.7. The van der Waals surface area contributed by atoms with Crippen molar-refractivity contribution >= 4 is 11.9 Å². The number of carboxylic acid groups (broad SMARTS) is 1. The standard InChI is InChI=1S/C11H16F3NO4/c1-7(19-6-11(12,13)14)8(16)15-4-3-10(2,5-15)9(17)18/h7H,3-6H2,1-2H3,(H,17,18)/t7-,10+/m1/s1. The van der Waals surface area contributed by atoms with Crippen LogP contribution in [0.5, 0.6) is 0 Å². The van der Waals surface area contributed by atoms with Crippen molar-refractivity contribution < 1.29 is 32.6 Å². The molecule has 0 bridgehead atoms. The van der Waals surface area contributed by atoms with E-state index in [0.29, 0.717) is 0 Å². The number of nitrogens with zero attached hydrogens (tertiary/aromatic N) is 1. The molecule has 5 nitrogen and oxygen atoms in total. The second kappa shape index (κ2) is 5.36. The molecule has 110 valence electrons. The van der Waals surface area contributed by atoms with Crippen molar-refractivity contribution in [2.45, 2.75) is 32.5 Å². The van der Waals surface area contributed by atoms with Crippen LogP contribution in [0.25, 0.3) is 0 Å². The minimum absolute atomic E-state index is 0.0130. The van der Waals surface area contributed by atoms with Gasteiger partial charge in [-0.15, -0.1) is 0 Å². The van der Waals surface area contributed by atoms with Crippen LogP contribution in [0.3, 0.4) is 0 Å². The zero-order valence-electron chi connectivity index (χ0n) is 10.7. The molecule has 19 heavy (non-hydrogen) atoms. The summed E-state index contributed by atoms with van der Waals surface area (Å²) in [4.78, 5) is 24.0. The van der Waals surface area contributed by atoms with E-state index in [9.17, 15) is 22.8 Å². The number of hydrogen-bond acceptors (Lipinski definition) is 3. The van der Waals surface area contributed by atoms with Gasteiger partial charge >= 0.3 is 12.1 Å². The lowest BCUT2D eigenvalue weighted by atomic mass is 9.90. The number of ether oxygens (including phenoxy) is 1. The molecule has 0 aliphatic carbocycles. The van der Waals surface area contributed by atoms with Crippen LogP contribution in [0, 0.1) is 5.41 Å². The number of rotatable bonds is 4. The quantitative estimate of drug-likeness (QED) is 0.844. The fourth-order valence-corrected chi connectivity index (χ4v) is 1.87. The van der Waals surface area contributed by atoms with Gasteiger partial charge in [-0.1, -0.05) is 0 Å². The zero-order chi connectivity index (χ0) is 14.8. The van der Waals surface area contributed by atoms with Crippen molar-refractivity contribution in [2.24, 2.45) is 5.41 Å².